The van der Waals surface area contributed by atoms with E-state index in [9.17, 15) is 4.79 Å². The molecule has 0 atom stereocenters. The van der Waals surface area contributed by atoms with E-state index in [4.69, 9.17) is 0 Å². The van der Waals surface area contributed by atoms with Gasteiger partial charge in [0.1, 0.15) is 6.29 Å². The number of carbonyl (C=O) groups is 1. The van der Waals surface area contributed by atoms with Crippen LogP contribution in [0, 0.1) is 0 Å². The molecular formula is C5H4O. The molecule has 0 aromatic rings. The Kier molecular flexibility index (Phi) is 0.607. The minimum Gasteiger partial charge on any atom is -0.298 e. The zero-order valence-electron chi connectivity index (χ0n) is 3.22. The molecule has 1 rings (SSSR count). The van der Waals surface area contributed by atoms with Crippen molar-refractivity contribution in [3.63, 3.8) is 0 Å². The van der Waals surface area contributed by atoms with Gasteiger partial charge < -0.3 is 0 Å². The molecule has 0 heterocycles. The Balaban J connectivity index is 2.57. The molecule has 1 nitrogen and oxygen atoms in total. The maximum Gasteiger partial charge on any atom is 0.150 e. The Hall–Kier alpha value is -0.850. The van der Waals surface area contributed by atoms with Crippen molar-refractivity contribution in [3.8, 4) is 0 Å². The maximum atomic E-state index is 9.67. The minimum absolute atomic E-state index is 0.787. The summed E-state index contributed by atoms with van der Waals surface area (Å²) in [5, 5.41) is 0. The van der Waals surface area contributed by atoms with Gasteiger partial charge in [-0.25, -0.2) is 0 Å². The van der Waals surface area contributed by atoms with Crippen molar-refractivity contribution in [2.75, 3.05) is 0 Å². The molecule has 1 heteroatoms. The number of hydrogen-bond acceptors (Lipinski definition) is 1. The molecule has 0 bridgehead atoms. The molecule has 30 valence electrons. The first-order valence-corrected chi connectivity index (χ1v) is 1.77. The number of hydrogen-bond donors (Lipinski definition) is 0. The van der Waals surface area contributed by atoms with Crippen LogP contribution in [0.15, 0.2) is 23.8 Å². The molecule has 0 saturated heterocycles. The number of aldehydes is 1. The molecule has 0 amide bonds. The van der Waals surface area contributed by atoms with Crippen molar-refractivity contribution in [3.05, 3.63) is 23.8 Å². The monoisotopic (exact) mass is 80.0 g/mol. The summed E-state index contributed by atoms with van der Waals surface area (Å²) in [6, 6.07) is 0. The van der Waals surface area contributed by atoms with E-state index in [1.54, 1.807) is 12.2 Å². The van der Waals surface area contributed by atoms with Gasteiger partial charge >= 0.3 is 0 Å². The zero-order valence-corrected chi connectivity index (χ0v) is 3.22. The summed E-state index contributed by atoms with van der Waals surface area (Å²) in [6.45, 7) is 0. The summed E-state index contributed by atoms with van der Waals surface area (Å²) in [5.74, 6) is 0. The van der Waals surface area contributed by atoms with Crippen LogP contribution in [0.25, 0.3) is 0 Å². The molecule has 6 heavy (non-hydrogen) atoms. The first-order valence-electron chi connectivity index (χ1n) is 1.77. The van der Waals surface area contributed by atoms with Crippen LogP contribution in [0.3, 0.4) is 0 Å². The molecule has 0 aromatic carbocycles. The smallest absolute Gasteiger partial charge is 0.150 e. The van der Waals surface area contributed by atoms with Crippen LogP contribution in [0.2, 0.25) is 0 Å². The number of rotatable bonds is 1. The van der Waals surface area contributed by atoms with Crippen molar-refractivity contribution in [1.29, 1.82) is 0 Å². The quantitative estimate of drug-likeness (QED) is 0.423. The van der Waals surface area contributed by atoms with Gasteiger partial charge in [-0.1, -0.05) is 18.2 Å². The molecule has 0 N–H and O–H groups in total. The second-order valence-electron chi connectivity index (χ2n) is 1.14. The lowest BCUT2D eigenvalue weighted by Crippen LogP contribution is -1.82. The van der Waals surface area contributed by atoms with Gasteiger partial charge in [0.25, 0.3) is 0 Å². The lowest BCUT2D eigenvalue weighted by atomic mass is 10.1. The van der Waals surface area contributed by atoms with Crippen LogP contribution in [-0.4, -0.2) is 6.29 Å². The first kappa shape index (κ1) is 3.34. The zero-order chi connectivity index (χ0) is 4.41. The number of carbonyl (C=O) groups excluding carboxylic acids is 1. The standard InChI is InChI=1S/C5H4O/c6-4-5-2-1-3-5/h1-4H. The lowest BCUT2D eigenvalue weighted by molar-refractivity contribution is -0.104. The molecule has 0 fully saturated rings. The summed E-state index contributed by atoms with van der Waals surface area (Å²) in [7, 11) is 0. The summed E-state index contributed by atoms with van der Waals surface area (Å²) in [5.41, 5.74) is 0.787. The van der Waals surface area contributed by atoms with Gasteiger partial charge in [0.2, 0.25) is 0 Å². The minimum atomic E-state index is 0.787. The highest BCUT2D eigenvalue weighted by atomic mass is 16.1. The van der Waals surface area contributed by atoms with Crippen molar-refractivity contribution in [2.24, 2.45) is 0 Å². The van der Waals surface area contributed by atoms with Gasteiger partial charge in [0.15, 0.2) is 0 Å². The SMILES string of the molecule is O=CC1=CC=C1. The Labute approximate surface area is 36.0 Å². The molecule has 0 saturated carbocycles. The van der Waals surface area contributed by atoms with E-state index < -0.39 is 0 Å². The third-order valence-corrected chi connectivity index (χ3v) is 0.713. The second kappa shape index (κ2) is 1.09. The Bertz CT molecular complexity index is 116. The average molecular weight is 80.1 g/mol. The maximum absolute atomic E-state index is 9.67. The second-order valence-corrected chi connectivity index (χ2v) is 1.14. The van der Waals surface area contributed by atoms with E-state index in [1.165, 1.54) is 0 Å². The normalized spacial score (nSPS) is 15.7. The molecule has 1 aliphatic rings. The highest BCUT2D eigenvalue weighted by Crippen LogP contribution is 2.01. The third-order valence-electron chi connectivity index (χ3n) is 0.713. The van der Waals surface area contributed by atoms with Crippen molar-refractivity contribution >= 4 is 6.29 Å². The summed E-state index contributed by atoms with van der Waals surface area (Å²) >= 11 is 0. The molecule has 0 spiro atoms. The fourth-order valence-corrected chi connectivity index (χ4v) is 0.286. The van der Waals surface area contributed by atoms with Gasteiger partial charge in [-0.05, 0) is 0 Å². The van der Waals surface area contributed by atoms with Crippen LogP contribution in [0.5, 0.6) is 0 Å². The molecule has 0 aromatic heterocycles. The largest absolute Gasteiger partial charge is 0.298 e. The van der Waals surface area contributed by atoms with Gasteiger partial charge in [0, 0.05) is 5.57 Å². The third kappa shape index (κ3) is 0.285. The Morgan fingerprint density at radius 1 is 1.67 bits per heavy atom. The summed E-state index contributed by atoms with van der Waals surface area (Å²) in [4.78, 5) is 9.67. The van der Waals surface area contributed by atoms with E-state index in [-0.39, 0.29) is 0 Å². The van der Waals surface area contributed by atoms with Crippen LogP contribution >= 0.6 is 0 Å². The first-order chi connectivity index (χ1) is 2.93. The Morgan fingerprint density at radius 3 is 2.33 bits per heavy atom. The average Bonchev–Trinajstić information content (AvgIpc) is 1.31. The van der Waals surface area contributed by atoms with Crippen LogP contribution in [0.4, 0.5) is 0 Å². The van der Waals surface area contributed by atoms with Crippen LogP contribution < -0.4 is 0 Å². The summed E-state index contributed by atoms with van der Waals surface area (Å²) < 4.78 is 0. The van der Waals surface area contributed by atoms with Gasteiger partial charge in [-0.3, -0.25) is 4.79 Å². The fourth-order valence-electron chi connectivity index (χ4n) is 0.286. The lowest BCUT2D eigenvalue weighted by Gasteiger charge is -1.91. The van der Waals surface area contributed by atoms with Crippen molar-refractivity contribution in [1.82, 2.24) is 0 Å². The van der Waals surface area contributed by atoms with E-state index in [0.29, 0.717) is 0 Å². The summed E-state index contributed by atoms with van der Waals surface area (Å²) in [6.07, 6.45) is 6.21. The van der Waals surface area contributed by atoms with Gasteiger partial charge in [-0.15, -0.1) is 0 Å². The van der Waals surface area contributed by atoms with Crippen LogP contribution in [0.1, 0.15) is 0 Å². The van der Waals surface area contributed by atoms with Gasteiger partial charge in [-0.2, -0.15) is 0 Å². The van der Waals surface area contributed by atoms with E-state index >= 15 is 0 Å². The van der Waals surface area contributed by atoms with Crippen molar-refractivity contribution < 1.29 is 4.79 Å². The topological polar surface area (TPSA) is 17.1 Å². The predicted octanol–water partition coefficient (Wildman–Crippen LogP) is 0.681. The number of allylic oxidation sites excluding steroid dienone is 4. The molecule has 0 unspecified atom stereocenters. The molecule has 0 radical (unpaired) electrons. The predicted molar refractivity (Wildman–Crippen MR) is 23.3 cm³/mol. The van der Waals surface area contributed by atoms with Crippen LogP contribution in [-0.2, 0) is 4.79 Å². The Morgan fingerprint density at radius 2 is 2.33 bits per heavy atom. The highest BCUT2D eigenvalue weighted by molar-refractivity contribution is 5.81. The van der Waals surface area contributed by atoms with E-state index in [1.807, 2.05) is 6.08 Å². The fraction of sp³-hybridized carbons (Fsp3) is 0. The van der Waals surface area contributed by atoms with Gasteiger partial charge in [0.05, 0.1) is 0 Å². The van der Waals surface area contributed by atoms with Crippen molar-refractivity contribution in [2.45, 2.75) is 0 Å². The van der Waals surface area contributed by atoms with E-state index in [0.717, 1.165) is 11.9 Å². The highest BCUT2D eigenvalue weighted by Gasteiger charge is 1.90. The molecular weight excluding hydrogens is 76.1 g/mol. The molecule has 0 aliphatic heterocycles. The molecule has 1 aliphatic carbocycles. The van der Waals surface area contributed by atoms with E-state index in [2.05, 4.69) is 0 Å².